The highest BCUT2D eigenvalue weighted by Crippen LogP contribution is 2.21. The maximum atomic E-state index is 11.9. The van der Waals surface area contributed by atoms with Crippen LogP contribution in [0.5, 0.6) is 0 Å². The molecule has 3 nitrogen and oxygen atoms in total. The topological polar surface area (TPSA) is 46.5 Å². The summed E-state index contributed by atoms with van der Waals surface area (Å²) in [5, 5.41) is 8.71. The molecule has 0 fully saturated rings. The fourth-order valence-corrected chi connectivity index (χ4v) is 1.22. The van der Waals surface area contributed by atoms with E-state index in [9.17, 15) is 13.6 Å². The SMILES string of the molecule is Cc1cccc(C(OC(F)F)C(=O)O)c1. The van der Waals surface area contributed by atoms with Gasteiger partial charge in [0.05, 0.1) is 0 Å². The van der Waals surface area contributed by atoms with Gasteiger partial charge in [-0.25, -0.2) is 4.79 Å². The van der Waals surface area contributed by atoms with Gasteiger partial charge < -0.3 is 9.84 Å². The fraction of sp³-hybridized carbons (Fsp3) is 0.300. The van der Waals surface area contributed by atoms with Crippen molar-refractivity contribution in [3.8, 4) is 0 Å². The van der Waals surface area contributed by atoms with Gasteiger partial charge >= 0.3 is 12.6 Å². The zero-order valence-electron chi connectivity index (χ0n) is 7.98. The summed E-state index contributed by atoms with van der Waals surface area (Å²) in [4.78, 5) is 10.7. The molecule has 1 N–H and O–H groups in total. The molecule has 1 aromatic rings. The van der Waals surface area contributed by atoms with Crippen molar-refractivity contribution in [2.45, 2.75) is 19.6 Å². The molecule has 0 saturated heterocycles. The first-order valence-electron chi connectivity index (χ1n) is 4.23. The third-order valence-corrected chi connectivity index (χ3v) is 1.81. The number of halogens is 2. The van der Waals surface area contributed by atoms with Gasteiger partial charge in [-0.1, -0.05) is 29.8 Å². The van der Waals surface area contributed by atoms with Crippen molar-refractivity contribution in [1.82, 2.24) is 0 Å². The predicted molar refractivity (Wildman–Crippen MR) is 48.6 cm³/mol. The van der Waals surface area contributed by atoms with E-state index in [1.165, 1.54) is 12.1 Å². The average molecular weight is 216 g/mol. The van der Waals surface area contributed by atoms with Gasteiger partial charge in [-0.3, -0.25) is 0 Å². The molecule has 15 heavy (non-hydrogen) atoms. The largest absolute Gasteiger partial charge is 0.479 e. The lowest BCUT2D eigenvalue weighted by molar-refractivity contribution is -0.188. The van der Waals surface area contributed by atoms with Gasteiger partial charge in [-0.05, 0) is 12.5 Å². The number of hydrogen-bond acceptors (Lipinski definition) is 2. The molecule has 1 aromatic carbocycles. The Morgan fingerprint density at radius 3 is 2.60 bits per heavy atom. The number of rotatable bonds is 4. The third-order valence-electron chi connectivity index (χ3n) is 1.81. The molecule has 0 aromatic heterocycles. The lowest BCUT2D eigenvalue weighted by atomic mass is 10.1. The van der Waals surface area contributed by atoms with E-state index >= 15 is 0 Å². The van der Waals surface area contributed by atoms with Gasteiger partial charge in [0.15, 0.2) is 6.10 Å². The van der Waals surface area contributed by atoms with Crippen LogP contribution < -0.4 is 0 Å². The lowest BCUT2D eigenvalue weighted by Gasteiger charge is -2.13. The standard InChI is InChI=1S/C10H10F2O3/c1-6-3-2-4-7(5-6)8(9(13)14)15-10(11)12/h2-5,8,10H,1H3,(H,13,14). The zero-order chi connectivity index (χ0) is 11.4. The van der Waals surface area contributed by atoms with Crippen LogP contribution in [0.25, 0.3) is 0 Å². The van der Waals surface area contributed by atoms with Crippen LogP contribution in [-0.4, -0.2) is 17.7 Å². The highest BCUT2D eigenvalue weighted by atomic mass is 19.3. The number of carbonyl (C=O) groups is 1. The smallest absolute Gasteiger partial charge is 0.346 e. The molecule has 0 radical (unpaired) electrons. The first-order valence-corrected chi connectivity index (χ1v) is 4.23. The van der Waals surface area contributed by atoms with Crippen molar-refractivity contribution < 1.29 is 23.4 Å². The second-order valence-corrected chi connectivity index (χ2v) is 3.03. The Morgan fingerprint density at radius 1 is 1.47 bits per heavy atom. The molecule has 1 rings (SSSR count). The number of carboxylic acids is 1. The molecule has 0 bridgehead atoms. The number of ether oxygens (including phenoxy) is 1. The predicted octanol–water partition coefficient (Wildman–Crippen LogP) is 2.36. The Hall–Kier alpha value is -1.49. The summed E-state index contributed by atoms with van der Waals surface area (Å²) in [6, 6.07) is 6.27. The normalized spacial score (nSPS) is 12.8. The Bertz CT molecular complexity index is 352. The lowest BCUT2D eigenvalue weighted by Crippen LogP contribution is -2.18. The molecular weight excluding hydrogens is 206 g/mol. The van der Waals surface area contributed by atoms with Crippen LogP contribution in [0.3, 0.4) is 0 Å². The first kappa shape index (κ1) is 11.6. The van der Waals surface area contributed by atoms with Crippen molar-refractivity contribution in [3.05, 3.63) is 35.4 Å². The zero-order valence-corrected chi connectivity index (χ0v) is 7.98. The van der Waals surface area contributed by atoms with Crippen LogP contribution in [0.1, 0.15) is 17.2 Å². The minimum Gasteiger partial charge on any atom is -0.479 e. The summed E-state index contributed by atoms with van der Waals surface area (Å²) < 4.78 is 27.9. The van der Waals surface area contributed by atoms with Crippen LogP contribution in [0.2, 0.25) is 0 Å². The van der Waals surface area contributed by atoms with E-state index < -0.39 is 18.7 Å². The Labute approximate surface area is 85.3 Å². The average Bonchev–Trinajstić information content (AvgIpc) is 2.13. The highest BCUT2D eigenvalue weighted by molar-refractivity contribution is 5.74. The van der Waals surface area contributed by atoms with Gasteiger partial charge in [-0.15, -0.1) is 0 Å². The summed E-state index contributed by atoms with van der Waals surface area (Å²) in [5.74, 6) is -1.43. The maximum Gasteiger partial charge on any atom is 0.346 e. The Morgan fingerprint density at radius 2 is 2.13 bits per heavy atom. The van der Waals surface area contributed by atoms with Gasteiger partial charge in [-0.2, -0.15) is 8.78 Å². The molecule has 0 heterocycles. The van der Waals surface area contributed by atoms with Crippen molar-refractivity contribution in [2.75, 3.05) is 0 Å². The molecule has 1 atom stereocenters. The molecule has 0 amide bonds. The van der Waals surface area contributed by atoms with Gasteiger partial charge in [0.25, 0.3) is 0 Å². The van der Waals surface area contributed by atoms with E-state index in [0.717, 1.165) is 5.56 Å². The molecule has 0 saturated carbocycles. The molecule has 1 unspecified atom stereocenters. The van der Waals surface area contributed by atoms with Crippen molar-refractivity contribution >= 4 is 5.97 Å². The van der Waals surface area contributed by atoms with Crippen LogP contribution in [-0.2, 0) is 9.53 Å². The summed E-state index contributed by atoms with van der Waals surface area (Å²) in [5.41, 5.74) is 0.999. The number of aliphatic carboxylic acids is 1. The van der Waals surface area contributed by atoms with Crippen molar-refractivity contribution in [2.24, 2.45) is 0 Å². The highest BCUT2D eigenvalue weighted by Gasteiger charge is 2.24. The van der Waals surface area contributed by atoms with Crippen LogP contribution in [0.4, 0.5) is 8.78 Å². The minimum absolute atomic E-state index is 0.211. The quantitative estimate of drug-likeness (QED) is 0.840. The van der Waals surface area contributed by atoms with E-state index in [-0.39, 0.29) is 5.56 Å². The number of alkyl halides is 2. The Kier molecular flexibility index (Phi) is 3.74. The fourth-order valence-electron chi connectivity index (χ4n) is 1.22. The molecule has 0 aliphatic heterocycles. The van der Waals surface area contributed by atoms with E-state index in [4.69, 9.17) is 5.11 Å². The number of hydrogen-bond donors (Lipinski definition) is 1. The summed E-state index contributed by atoms with van der Waals surface area (Å²) >= 11 is 0. The van der Waals surface area contributed by atoms with Crippen LogP contribution >= 0.6 is 0 Å². The molecule has 82 valence electrons. The molecular formula is C10H10F2O3. The maximum absolute atomic E-state index is 11.9. The molecule has 5 heteroatoms. The van der Waals surface area contributed by atoms with Gasteiger partial charge in [0.2, 0.25) is 0 Å². The van der Waals surface area contributed by atoms with E-state index in [0.29, 0.717) is 0 Å². The van der Waals surface area contributed by atoms with E-state index in [2.05, 4.69) is 4.74 Å². The molecule has 0 aliphatic rings. The van der Waals surface area contributed by atoms with Crippen molar-refractivity contribution in [3.63, 3.8) is 0 Å². The first-order chi connectivity index (χ1) is 7.00. The van der Waals surface area contributed by atoms with Gasteiger partial charge in [0, 0.05) is 0 Å². The minimum atomic E-state index is -3.10. The summed E-state index contributed by atoms with van der Waals surface area (Å²) in [6.07, 6.45) is -1.62. The summed E-state index contributed by atoms with van der Waals surface area (Å²) in [6.45, 7) is -1.36. The van der Waals surface area contributed by atoms with E-state index in [1.807, 2.05) is 0 Å². The second-order valence-electron chi connectivity index (χ2n) is 3.03. The van der Waals surface area contributed by atoms with Crippen LogP contribution in [0.15, 0.2) is 24.3 Å². The van der Waals surface area contributed by atoms with E-state index in [1.54, 1.807) is 19.1 Å². The number of carboxylic acid groups (broad SMARTS) is 1. The summed E-state index contributed by atoms with van der Waals surface area (Å²) in [7, 11) is 0. The number of benzene rings is 1. The van der Waals surface area contributed by atoms with Gasteiger partial charge in [0.1, 0.15) is 0 Å². The third kappa shape index (κ3) is 3.28. The number of aryl methyl sites for hydroxylation is 1. The monoisotopic (exact) mass is 216 g/mol. The molecule has 0 aliphatic carbocycles. The molecule has 0 spiro atoms. The Balaban J connectivity index is 2.94. The second kappa shape index (κ2) is 4.84. The van der Waals surface area contributed by atoms with Crippen molar-refractivity contribution in [1.29, 1.82) is 0 Å². The van der Waals surface area contributed by atoms with Crippen LogP contribution in [0, 0.1) is 6.92 Å².